The second-order valence-corrected chi connectivity index (χ2v) is 8.66. The van der Waals surface area contributed by atoms with Crippen LogP contribution in [0.15, 0.2) is 16.5 Å². The molecule has 1 aromatic rings. The largest absolute Gasteiger partial charge is 0.464 e. The van der Waals surface area contributed by atoms with Crippen LogP contribution in [0.3, 0.4) is 0 Å². The summed E-state index contributed by atoms with van der Waals surface area (Å²) in [6, 6.07) is 3.48. The lowest BCUT2D eigenvalue weighted by molar-refractivity contribution is -0.122. The Balaban J connectivity index is 2.83. The van der Waals surface area contributed by atoms with Crippen LogP contribution in [0.1, 0.15) is 51.7 Å². The molecule has 0 unspecified atom stereocenters. The van der Waals surface area contributed by atoms with Crippen molar-refractivity contribution in [2.75, 3.05) is 12.0 Å². The summed E-state index contributed by atoms with van der Waals surface area (Å²) in [7, 11) is -3.14. The van der Waals surface area contributed by atoms with E-state index in [4.69, 9.17) is 4.42 Å². The SMILES string of the molecule is CCc1ccc([C@@H](NC(=O)CCS(C)(=O)=O)C(C)(C)C)o1. The molecule has 0 spiro atoms. The second kappa shape index (κ2) is 6.64. The lowest BCUT2D eigenvalue weighted by Gasteiger charge is -2.30. The fraction of sp³-hybridized carbons (Fsp3) is 0.667. The fourth-order valence-electron chi connectivity index (χ4n) is 1.97. The molecule has 1 rings (SSSR count). The molecule has 6 heteroatoms. The molecule has 120 valence electrons. The summed E-state index contributed by atoms with van der Waals surface area (Å²) in [4.78, 5) is 12.0. The maximum Gasteiger partial charge on any atom is 0.221 e. The summed E-state index contributed by atoms with van der Waals surface area (Å²) >= 11 is 0. The minimum atomic E-state index is -3.14. The summed E-state index contributed by atoms with van der Waals surface area (Å²) in [5.41, 5.74) is -0.233. The third kappa shape index (κ3) is 5.91. The zero-order valence-corrected chi connectivity index (χ0v) is 14.2. The Hall–Kier alpha value is -1.30. The van der Waals surface area contributed by atoms with Gasteiger partial charge >= 0.3 is 0 Å². The van der Waals surface area contributed by atoms with Crippen LogP contribution in [0.25, 0.3) is 0 Å². The quantitative estimate of drug-likeness (QED) is 0.875. The minimum absolute atomic E-state index is 0.0350. The van der Waals surface area contributed by atoms with Crippen LogP contribution in [0.2, 0.25) is 0 Å². The van der Waals surface area contributed by atoms with Crippen molar-refractivity contribution in [2.45, 2.75) is 46.6 Å². The molecular weight excluding hydrogens is 290 g/mol. The molecule has 1 amide bonds. The maximum absolute atomic E-state index is 12.0. The number of sulfone groups is 1. The van der Waals surface area contributed by atoms with Gasteiger partial charge in [-0.2, -0.15) is 0 Å². The third-order valence-corrected chi connectivity index (χ3v) is 4.13. The highest BCUT2D eigenvalue weighted by molar-refractivity contribution is 7.90. The first-order chi connectivity index (χ1) is 9.53. The molecule has 0 aliphatic carbocycles. The molecule has 0 saturated carbocycles. The van der Waals surface area contributed by atoms with Crippen LogP contribution in [0.5, 0.6) is 0 Å². The number of hydrogen-bond donors (Lipinski definition) is 1. The van der Waals surface area contributed by atoms with Crippen LogP contribution >= 0.6 is 0 Å². The van der Waals surface area contributed by atoms with Gasteiger partial charge in [-0.25, -0.2) is 8.42 Å². The molecule has 0 fully saturated rings. The lowest BCUT2D eigenvalue weighted by atomic mass is 9.85. The number of aryl methyl sites for hydroxylation is 1. The van der Waals surface area contributed by atoms with Crippen LogP contribution in [-0.2, 0) is 21.1 Å². The molecule has 0 radical (unpaired) electrons. The molecular formula is C15H25NO4S. The Kier molecular flexibility index (Phi) is 5.61. The third-order valence-electron chi connectivity index (χ3n) is 3.19. The van der Waals surface area contributed by atoms with E-state index in [1.165, 1.54) is 0 Å². The first-order valence-corrected chi connectivity index (χ1v) is 9.14. The van der Waals surface area contributed by atoms with Gasteiger partial charge in [-0.15, -0.1) is 0 Å². The van der Waals surface area contributed by atoms with E-state index in [0.29, 0.717) is 5.76 Å². The molecule has 0 saturated heterocycles. The number of carbonyl (C=O) groups is 1. The van der Waals surface area contributed by atoms with Crippen molar-refractivity contribution in [3.8, 4) is 0 Å². The van der Waals surface area contributed by atoms with Gasteiger partial charge in [0, 0.05) is 19.1 Å². The van der Waals surface area contributed by atoms with Crippen molar-refractivity contribution in [2.24, 2.45) is 5.41 Å². The normalized spacial score (nSPS) is 14.0. The van der Waals surface area contributed by atoms with Gasteiger partial charge in [-0.3, -0.25) is 4.79 Å². The summed E-state index contributed by atoms with van der Waals surface area (Å²) in [5, 5.41) is 2.89. The topological polar surface area (TPSA) is 76.4 Å². The van der Waals surface area contributed by atoms with E-state index in [1.807, 2.05) is 39.8 Å². The number of furan rings is 1. The van der Waals surface area contributed by atoms with Gasteiger partial charge in [0.05, 0.1) is 11.8 Å². The van der Waals surface area contributed by atoms with E-state index >= 15 is 0 Å². The highest BCUT2D eigenvalue weighted by Crippen LogP contribution is 2.33. The molecule has 0 aromatic carbocycles. The van der Waals surface area contributed by atoms with Crippen LogP contribution in [0.4, 0.5) is 0 Å². The van der Waals surface area contributed by atoms with Crippen molar-refractivity contribution in [3.05, 3.63) is 23.7 Å². The Morgan fingerprint density at radius 2 is 1.95 bits per heavy atom. The average molecular weight is 315 g/mol. The van der Waals surface area contributed by atoms with E-state index < -0.39 is 9.84 Å². The van der Waals surface area contributed by atoms with Crippen molar-refractivity contribution < 1.29 is 17.6 Å². The lowest BCUT2D eigenvalue weighted by Crippen LogP contribution is -2.37. The highest BCUT2D eigenvalue weighted by Gasteiger charge is 2.30. The van der Waals surface area contributed by atoms with E-state index in [0.717, 1.165) is 18.4 Å². The molecule has 1 aromatic heterocycles. The first kappa shape index (κ1) is 17.8. The Morgan fingerprint density at radius 1 is 1.33 bits per heavy atom. The number of rotatable bonds is 6. The zero-order chi connectivity index (χ0) is 16.3. The Morgan fingerprint density at radius 3 is 2.38 bits per heavy atom. The standard InChI is InChI=1S/C15H25NO4S/c1-6-11-7-8-12(20-11)14(15(2,3)4)16-13(17)9-10-21(5,18)19/h7-8,14H,6,9-10H2,1-5H3,(H,16,17)/t14-/m1/s1. The van der Waals surface area contributed by atoms with Gasteiger partial charge in [-0.1, -0.05) is 27.7 Å². The van der Waals surface area contributed by atoms with Crippen molar-refractivity contribution in [3.63, 3.8) is 0 Å². The monoisotopic (exact) mass is 315 g/mol. The predicted molar refractivity (Wildman–Crippen MR) is 82.8 cm³/mol. The Bertz CT molecular complexity index is 581. The summed E-state index contributed by atoms with van der Waals surface area (Å²) in [6.07, 6.45) is 1.88. The molecule has 21 heavy (non-hydrogen) atoms. The summed E-state index contributed by atoms with van der Waals surface area (Å²) < 4.78 is 28.0. The molecule has 5 nitrogen and oxygen atoms in total. The minimum Gasteiger partial charge on any atom is -0.464 e. The van der Waals surface area contributed by atoms with Gasteiger partial charge in [0.15, 0.2) is 0 Å². The van der Waals surface area contributed by atoms with E-state index in [2.05, 4.69) is 5.32 Å². The van der Waals surface area contributed by atoms with E-state index in [1.54, 1.807) is 0 Å². The zero-order valence-electron chi connectivity index (χ0n) is 13.4. The fourth-order valence-corrected chi connectivity index (χ4v) is 2.52. The predicted octanol–water partition coefficient (Wildman–Crippen LogP) is 2.48. The van der Waals surface area contributed by atoms with Gasteiger partial charge in [0.1, 0.15) is 21.4 Å². The van der Waals surface area contributed by atoms with Crippen molar-refractivity contribution in [1.29, 1.82) is 0 Å². The first-order valence-electron chi connectivity index (χ1n) is 7.08. The second-order valence-electron chi connectivity index (χ2n) is 6.40. The molecule has 1 atom stereocenters. The van der Waals surface area contributed by atoms with Gasteiger partial charge in [-0.05, 0) is 17.5 Å². The van der Waals surface area contributed by atoms with Crippen LogP contribution in [0, 0.1) is 5.41 Å². The summed E-state index contributed by atoms with van der Waals surface area (Å²) in [5.74, 6) is 1.14. The van der Waals surface area contributed by atoms with E-state index in [9.17, 15) is 13.2 Å². The van der Waals surface area contributed by atoms with Gasteiger partial charge in [0.25, 0.3) is 0 Å². The smallest absolute Gasteiger partial charge is 0.221 e. The average Bonchev–Trinajstić information content (AvgIpc) is 2.79. The number of nitrogens with one attached hydrogen (secondary N) is 1. The number of hydrogen-bond acceptors (Lipinski definition) is 4. The molecule has 0 bridgehead atoms. The highest BCUT2D eigenvalue weighted by atomic mass is 32.2. The number of amides is 1. The molecule has 0 aliphatic heterocycles. The molecule has 1 heterocycles. The van der Waals surface area contributed by atoms with Crippen LogP contribution < -0.4 is 5.32 Å². The molecule has 0 aliphatic rings. The van der Waals surface area contributed by atoms with Gasteiger partial charge in [0.2, 0.25) is 5.91 Å². The van der Waals surface area contributed by atoms with Crippen molar-refractivity contribution in [1.82, 2.24) is 5.32 Å². The summed E-state index contributed by atoms with van der Waals surface area (Å²) in [6.45, 7) is 8.01. The maximum atomic E-state index is 12.0. The Labute approximate surface area is 127 Å². The number of carbonyl (C=O) groups excluding carboxylic acids is 1. The molecule has 1 N–H and O–H groups in total. The van der Waals surface area contributed by atoms with Gasteiger partial charge < -0.3 is 9.73 Å². The van der Waals surface area contributed by atoms with Crippen LogP contribution in [-0.4, -0.2) is 26.3 Å². The van der Waals surface area contributed by atoms with Crippen molar-refractivity contribution >= 4 is 15.7 Å². The van der Waals surface area contributed by atoms with E-state index in [-0.39, 0.29) is 29.5 Å².